The number of ether oxygens (including phenoxy) is 1. The Morgan fingerprint density at radius 2 is 2.12 bits per heavy atom. The molecule has 0 N–H and O–H groups in total. The van der Waals surface area contributed by atoms with Crippen molar-refractivity contribution in [2.45, 2.75) is 38.6 Å². The number of amides is 1. The number of methoxy groups -OCH3 is 1. The highest BCUT2D eigenvalue weighted by Gasteiger charge is 2.41. The molecule has 1 spiro atoms. The molecule has 0 aromatic heterocycles. The van der Waals surface area contributed by atoms with Crippen molar-refractivity contribution in [1.29, 1.82) is 5.26 Å². The Kier molecular flexibility index (Phi) is 6.29. The van der Waals surface area contributed by atoms with E-state index in [4.69, 9.17) is 4.74 Å². The zero-order valence-corrected chi connectivity index (χ0v) is 15.7. The monoisotopic (exact) mass is 355 g/mol. The van der Waals surface area contributed by atoms with Gasteiger partial charge in [-0.15, -0.1) is 0 Å². The van der Waals surface area contributed by atoms with Gasteiger partial charge in [-0.25, -0.2) is 0 Å². The first-order valence-electron chi connectivity index (χ1n) is 9.63. The number of carbonyl (C=O) groups excluding carboxylic acids is 1. The number of nitriles is 1. The molecule has 1 aromatic rings. The SMILES string of the molecule is COCCCN1CC2(CCCN(Cc3ccccc3C#N)C2)CCC1=O. The van der Waals surface area contributed by atoms with E-state index in [-0.39, 0.29) is 5.41 Å². The van der Waals surface area contributed by atoms with Gasteiger partial charge in [-0.05, 0) is 43.9 Å². The maximum absolute atomic E-state index is 12.3. The molecule has 1 unspecified atom stereocenters. The molecule has 2 aliphatic rings. The summed E-state index contributed by atoms with van der Waals surface area (Å²) in [6.07, 6.45) is 4.91. The molecule has 0 aliphatic carbocycles. The van der Waals surface area contributed by atoms with Crippen LogP contribution in [0.2, 0.25) is 0 Å². The van der Waals surface area contributed by atoms with Gasteiger partial charge >= 0.3 is 0 Å². The first-order valence-corrected chi connectivity index (χ1v) is 9.63. The molecule has 2 heterocycles. The Morgan fingerprint density at radius 1 is 1.27 bits per heavy atom. The van der Waals surface area contributed by atoms with E-state index in [1.165, 1.54) is 6.42 Å². The van der Waals surface area contributed by atoms with Crippen LogP contribution in [0, 0.1) is 16.7 Å². The Bertz CT molecular complexity index is 669. The molecule has 0 saturated carbocycles. The molecular formula is C21H29N3O2. The molecule has 140 valence electrons. The Hall–Kier alpha value is -1.90. The molecule has 2 saturated heterocycles. The second kappa shape index (κ2) is 8.66. The van der Waals surface area contributed by atoms with Crippen LogP contribution in [-0.4, -0.2) is 55.6 Å². The lowest BCUT2D eigenvalue weighted by Crippen LogP contribution is -2.54. The zero-order chi connectivity index (χ0) is 18.4. The number of piperidine rings is 2. The number of nitrogens with zero attached hydrogens (tertiary/aromatic N) is 3. The van der Waals surface area contributed by atoms with Crippen molar-refractivity contribution >= 4 is 5.91 Å². The number of likely N-dealkylation sites (tertiary alicyclic amines) is 2. The summed E-state index contributed by atoms with van der Waals surface area (Å²) in [6, 6.07) is 10.2. The predicted octanol–water partition coefficient (Wildman–Crippen LogP) is 2.80. The summed E-state index contributed by atoms with van der Waals surface area (Å²) in [5, 5.41) is 9.33. The minimum Gasteiger partial charge on any atom is -0.385 e. The van der Waals surface area contributed by atoms with Gasteiger partial charge < -0.3 is 9.64 Å². The maximum atomic E-state index is 12.3. The second-order valence-corrected chi connectivity index (χ2v) is 7.74. The summed E-state index contributed by atoms with van der Waals surface area (Å²) in [5.41, 5.74) is 2.09. The van der Waals surface area contributed by atoms with Crippen molar-refractivity contribution in [3.05, 3.63) is 35.4 Å². The van der Waals surface area contributed by atoms with Gasteiger partial charge in [-0.2, -0.15) is 5.26 Å². The van der Waals surface area contributed by atoms with Crippen LogP contribution < -0.4 is 0 Å². The van der Waals surface area contributed by atoms with Crippen molar-refractivity contribution in [2.75, 3.05) is 39.9 Å². The number of hydrogen-bond donors (Lipinski definition) is 0. The van der Waals surface area contributed by atoms with Gasteiger partial charge in [0.05, 0.1) is 11.6 Å². The molecule has 5 nitrogen and oxygen atoms in total. The van der Waals surface area contributed by atoms with E-state index in [0.717, 1.165) is 63.1 Å². The van der Waals surface area contributed by atoms with E-state index in [1.54, 1.807) is 7.11 Å². The van der Waals surface area contributed by atoms with E-state index >= 15 is 0 Å². The van der Waals surface area contributed by atoms with Crippen LogP contribution in [0.3, 0.4) is 0 Å². The van der Waals surface area contributed by atoms with E-state index in [2.05, 4.69) is 21.9 Å². The maximum Gasteiger partial charge on any atom is 0.222 e. The quantitative estimate of drug-likeness (QED) is 0.736. The third-order valence-corrected chi connectivity index (χ3v) is 5.80. The van der Waals surface area contributed by atoms with Crippen molar-refractivity contribution in [1.82, 2.24) is 9.80 Å². The van der Waals surface area contributed by atoms with Crippen LogP contribution in [0.15, 0.2) is 24.3 Å². The van der Waals surface area contributed by atoms with Crippen molar-refractivity contribution in [2.24, 2.45) is 5.41 Å². The highest BCUT2D eigenvalue weighted by atomic mass is 16.5. The van der Waals surface area contributed by atoms with Gasteiger partial charge in [0.15, 0.2) is 0 Å². The van der Waals surface area contributed by atoms with Crippen molar-refractivity contribution in [3.8, 4) is 6.07 Å². The molecular weight excluding hydrogens is 326 g/mol. The average molecular weight is 355 g/mol. The molecule has 1 aromatic carbocycles. The Balaban J connectivity index is 1.65. The van der Waals surface area contributed by atoms with Gasteiger partial charge in [0, 0.05) is 51.7 Å². The number of rotatable bonds is 6. The topological polar surface area (TPSA) is 56.6 Å². The number of hydrogen-bond acceptors (Lipinski definition) is 4. The van der Waals surface area contributed by atoms with Crippen LogP contribution in [0.5, 0.6) is 0 Å². The minimum absolute atomic E-state index is 0.209. The summed E-state index contributed by atoms with van der Waals surface area (Å²) in [4.78, 5) is 16.8. The third kappa shape index (κ3) is 4.44. The van der Waals surface area contributed by atoms with Crippen LogP contribution >= 0.6 is 0 Å². The molecule has 26 heavy (non-hydrogen) atoms. The highest BCUT2D eigenvalue weighted by Crippen LogP contribution is 2.39. The van der Waals surface area contributed by atoms with E-state index < -0.39 is 0 Å². The van der Waals surface area contributed by atoms with Crippen LogP contribution in [0.25, 0.3) is 0 Å². The summed E-state index contributed by atoms with van der Waals surface area (Å²) in [7, 11) is 1.71. The largest absolute Gasteiger partial charge is 0.385 e. The molecule has 2 fully saturated rings. The summed E-state index contributed by atoms with van der Waals surface area (Å²) >= 11 is 0. The van der Waals surface area contributed by atoms with E-state index in [1.807, 2.05) is 18.2 Å². The number of benzene rings is 1. The minimum atomic E-state index is 0.209. The van der Waals surface area contributed by atoms with Crippen molar-refractivity contribution in [3.63, 3.8) is 0 Å². The normalized spacial score (nSPS) is 24.0. The second-order valence-electron chi connectivity index (χ2n) is 7.74. The molecule has 3 rings (SSSR count). The zero-order valence-electron chi connectivity index (χ0n) is 15.7. The Labute approximate surface area is 156 Å². The van der Waals surface area contributed by atoms with Crippen LogP contribution in [-0.2, 0) is 16.1 Å². The summed E-state index contributed by atoms with van der Waals surface area (Å²) in [5.74, 6) is 0.290. The summed E-state index contributed by atoms with van der Waals surface area (Å²) in [6.45, 7) is 5.27. The molecule has 2 aliphatic heterocycles. The molecule has 1 atom stereocenters. The smallest absolute Gasteiger partial charge is 0.222 e. The van der Waals surface area contributed by atoms with Gasteiger partial charge in [-0.1, -0.05) is 18.2 Å². The van der Waals surface area contributed by atoms with Crippen LogP contribution in [0.1, 0.15) is 43.2 Å². The molecule has 5 heteroatoms. The van der Waals surface area contributed by atoms with Crippen LogP contribution in [0.4, 0.5) is 0 Å². The third-order valence-electron chi connectivity index (χ3n) is 5.80. The van der Waals surface area contributed by atoms with Gasteiger partial charge in [0.2, 0.25) is 5.91 Å². The fourth-order valence-electron chi connectivity index (χ4n) is 4.49. The first kappa shape index (κ1) is 18.9. The van der Waals surface area contributed by atoms with Gasteiger partial charge in [-0.3, -0.25) is 9.69 Å². The molecule has 0 radical (unpaired) electrons. The van der Waals surface area contributed by atoms with Gasteiger partial charge in [0.25, 0.3) is 0 Å². The lowest BCUT2D eigenvalue weighted by atomic mass is 9.73. The fourth-order valence-corrected chi connectivity index (χ4v) is 4.49. The van der Waals surface area contributed by atoms with E-state index in [9.17, 15) is 10.1 Å². The molecule has 0 bridgehead atoms. The molecule has 1 amide bonds. The Morgan fingerprint density at radius 3 is 2.92 bits per heavy atom. The van der Waals surface area contributed by atoms with E-state index in [0.29, 0.717) is 18.9 Å². The number of carbonyl (C=O) groups is 1. The fraction of sp³-hybridized carbons (Fsp3) is 0.619. The highest BCUT2D eigenvalue weighted by molar-refractivity contribution is 5.77. The lowest BCUT2D eigenvalue weighted by Gasteiger charge is -2.48. The first-order chi connectivity index (χ1) is 12.7. The lowest BCUT2D eigenvalue weighted by molar-refractivity contribution is -0.139. The van der Waals surface area contributed by atoms with Gasteiger partial charge in [0.1, 0.15) is 0 Å². The standard InChI is InChI=1S/C21H29N3O2/c1-26-13-5-12-24-17-21(10-8-20(24)25)9-4-11-23(16-21)15-19-7-3-2-6-18(19)14-22/h2-3,6-7H,4-5,8-13,15-17H2,1H3. The average Bonchev–Trinajstić information content (AvgIpc) is 2.66. The van der Waals surface area contributed by atoms with Crippen molar-refractivity contribution < 1.29 is 9.53 Å². The predicted molar refractivity (Wildman–Crippen MR) is 100 cm³/mol. The summed E-state index contributed by atoms with van der Waals surface area (Å²) < 4.78 is 5.14.